The van der Waals surface area contributed by atoms with Gasteiger partial charge in [0.15, 0.2) is 0 Å². The third-order valence-corrected chi connectivity index (χ3v) is 2.87. The minimum atomic E-state index is 0.425. The van der Waals surface area contributed by atoms with Gasteiger partial charge < -0.3 is 5.11 Å². The quantitative estimate of drug-likeness (QED) is 0.724. The molecule has 0 atom stereocenters. The van der Waals surface area contributed by atoms with E-state index in [1.807, 2.05) is 13.8 Å². The molecule has 1 aromatic rings. The molecule has 1 heteroatoms. The Hall–Kier alpha value is -1.24. The molecule has 0 unspecified atom stereocenters. The van der Waals surface area contributed by atoms with Crippen LogP contribution in [0.5, 0.6) is 5.75 Å². The van der Waals surface area contributed by atoms with Crippen molar-refractivity contribution in [3.63, 3.8) is 0 Å². The molecule has 0 heterocycles. The number of rotatable bonds is 2. The van der Waals surface area contributed by atoms with E-state index in [4.69, 9.17) is 0 Å². The second-order valence-electron chi connectivity index (χ2n) is 4.54. The van der Waals surface area contributed by atoms with Crippen LogP contribution in [0.4, 0.5) is 0 Å². The predicted molar refractivity (Wildman–Crippen MR) is 65.3 cm³/mol. The fourth-order valence-corrected chi connectivity index (χ4v) is 1.63. The molecule has 0 bridgehead atoms. The Morgan fingerprint density at radius 1 is 1.07 bits per heavy atom. The van der Waals surface area contributed by atoms with E-state index in [1.165, 1.54) is 16.7 Å². The van der Waals surface area contributed by atoms with Crippen LogP contribution in [0.25, 0.3) is 0 Å². The second-order valence-corrected chi connectivity index (χ2v) is 4.54. The van der Waals surface area contributed by atoms with Crippen LogP contribution in [0.3, 0.4) is 0 Å². The van der Waals surface area contributed by atoms with Crippen LogP contribution in [0.1, 0.15) is 37.5 Å². The lowest BCUT2D eigenvalue weighted by molar-refractivity contribution is 0.466. The van der Waals surface area contributed by atoms with E-state index in [0.717, 1.165) is 17.5 Å². The van der Waals surface area contributed by atoms with Gasteiger partial charge in [0.05, 0.1) is 0 Å². The van der Waals surface area contributed by atoms with Gasteiger partial charge in [0, 0.05) is 0 Å². The third-order valence-electron chi connectivity index (χ3n) is 2.87. The summed E-state index contributed by atoms with van der Waals surface area (Å²) in [4.78, 5) is 0. The van der Waals surface area contributed by atoms with Crippen molar-refractivity contribution in [2.45, 2.75) is 41.0 Å². The normalized spacial score (nSPS) is 10.2. The largest absolute Gasteiger partial charge is 0.507 e. The van der Waals surface area contributed by atoms with Crippen molar-refractivity contribution in [1.82, 2.24) is 0 Å². The van der Waals surface area contributed by atoms with E-state index in [2.05, 4.69) is 32.9 Å². The molecule has 1 N–H and O–H groups in total. The molecular weight excluding hydrogens is 184 g/mol. The number of aryl methyl sites for hydroxylation is 2. The summed E-state index contributed by atoms with van der Waals surface area (Å²) in [5.74, 6) is 0.425. The molecule has 0 aromatic heterocycles. The van der Waals surface area contributed by atoms with Crippen LogP contribution in [0.15, 0.2) is 23.3 Å². The zero-order valence-electron chi connectivity index (χ0n) is 10.3. The van der Waals surface area contributed by atoms with E-state index >= 15 is 0 Å². The van der Waals surface area contributed by atoms with Gasteiger partial charge in [0.2, 0.25) is 0 Å². The minimum Gasteiger partial charge on any atom is -0.507 e. The molecule has 0 aliphatic rings. The number of benzene rings is 1. The molecule has 0 aliphatic heterocycles. The average molecular weight is 204 g/mol. The summed E-state index contributed by atoms with van der Waals surface area (Å²) < 4.78 is 0. The Kier molecular flexibility index (Phi) is 3.57. The third kappa shape index (κ3) is 2.85. The van der Waals surface area contributed by atoms with Crippen LogP contribution in [0.2, 0.25) is 0 Å². The minimum absolute atomic E-state index is 0.425. The Labute approximate surface area is 92.5 Å². The van der Waals surface area contributed by atoms with E-state index in [9.17, 15) is 5.11 Å². The molecule has 0 radical (unpaired) electrons. The first-order chi connectivity index (χ1) is 6.91. The Balaban J connectivity index is 3.03. The van der Waals surface area contributed by atoms with Gasteiger partial charge in [-0.1, -0.05) is 23.3 Å². The number of hydrogen-bond acceptors (Lipinski definition) is 1. The highest BCUT2D eigenvalue weighted by Gasteiger charge is 2.04. The molecule has 0 spiro atoms. The van der Waals surface area contributed by atoms with Gasteiger partial charge in [-0.15, -0.1) is 0 Å². The second kappa shape index (κ2) is 4.52. The number of aromatic hydroxyl groups is 1. The van der Waals surface area contributed by atoms with Crippen molar-refractivity contribution in [1.29, 1.82) is 0 Å². The van der Waals surface area contributed by atoms with Crippen molar-refractivity contribution in [2.75, 3.05) is 0 Å². The topological polar surface area (TPSA) is 20.2 Å². The fraction of sp³-hybridized carbons (Fsp3) is 0.429. The molecule has 0 saturated heterocycles. The van der Waals surface area contributed by atoms with Crippen LogP contribution in [0, 0.1) is 13.8 Å². The lowest BCUT2D eigenvalue weighted by atomic mass is 9.98. The summed E-state index contributed by atoms with van der Waals surface area (Å²) in [5.41, 5.74) is 5.98. The van der Waals surface area contributed by atoms with Gasteiger partial charge in [-0.2, -0.15) is 0 Å². The number of phenolic OH excluding ortho intramolecular Hbond substituents is 1. The van der Waals surface area contributed by atoms with Gasteiger partial charge in [-0.3, -0.25) is 0 Å². The molecule has 82 valence electrons. The van der Waals surface area contributed by atoms with Gasteiger partial charge in [-0.05, 0) is 57.7 Å². The van der Waals surface area contributed by atoms with Gasteiger partial charge in [0.1, 0.15) is 5.75 Å². The molecule has 1 nitrogen and oxygen atoms in total. The summed E-state index contributed by atoms with van der Waals surface area (Å²) in [6, 6.07) is 4.13. The fourth-order valence-electron chi connectivity index (χ4n) is 1.63. The van der Waals surface area contributed by atoms with Gasteiger partial charge >= 0.3 is 0 Å². The molecule has 1 aromatic carbocycles. The summed E-state index contributed by atoms with van der Waals surface area (Å²) in [7, 11) is 0. The Morgan fingerprint density at radius 3 is 1.93 bits per heavy atom. The maximum Gasteiger partial charge on any atom is 0.121 e. The molecule has 0 saturated carbocycles. The zero-order chi connectivity index (χ0) is 11.6. The average Bonchev–Trinajstić information content (AvgIpc) is 2.13. The highest BCUT2D eigenvalue weighted by Crippen LogP contribution is 2.24. The summed E-state index contributed by atoms with van der Waals surface area (Å²) >= 11 is 0. The molecule has 0 aliphatic carbocycles. The standard InChI is InChI=1S/C14H20O/c1-9(2)10(3)6-13-7-11(4)14(15)12(5)8-13/h7-8,15H,6H2,1-5H3. The lowest BCUT2D eigenvalue weighted by Gasteiger charge is -2.09. The van der Waals surface area contributed by atoms with Gasteiger partial charge in [0.25, 0.3) is 0 Å². The van der Waals surface area contributed by atoms with E-state index in [1.54, 1.807) is 0 Å². The predicted octanol–water partition coefficient (Wildman–Crippen LogP) is 3.91. The van der Waals surface area contributed by atoms with E-state index < -0.39 is 0 Å². The highest BCUT2D eigenvalue weighted by molar-refractivity contribution is 5.43. The summed E-state index contributed by atoms with van der Waals surface area (Å²) in [6.07, 6.45) is 0.976. The van der Waals surface area contributed by atoms with Crippen molar-refractivity contribution in [2.24, 2.45) is 0 Å². The number of allylic oxidation sites excluding steroid dienone is 2. The summed E-state index contributed by atoms with van der Waals surface area (Å²) in [6.45, 7) is 10.3. The van der Waals surface area contributed by atoms with Crippen molar-refractivity contribution in [3.05, 3.63) is 40.0 Å². The zero-order valence-corrected chi connectivity index (χ0v) is 10.3. The number of phenols is 1. The molecular formula is C14H20O. The first kappa shape index (κ1) is 11.8. The van der Waals surface area contributed by atoms with Gasteiger partial charge in [-0.25, -0.2) is 0 Å². The molecule has 15 heavy (non-hydrogen) atoms. The first-order valence-electron chi connectivity index (χ1n) is 5.34. The van der Waals surface area contributed by atoms with Crippen molar-refractivity contribution >= 4 is 0 Å². The smallest absolute Gasteiger partial charge is 0.121 e. The van der Waals surface area contributed by atoms with Crippen molar-refractivity contribution in [3.8, 4) is 5.75 Å². The van der Waals surface area contributed by atoms with E-state index in [0.29, 0.717) is 5.75 Å². The Morgan fingerprint density at radius 2 is 1.53 bits per heavy atom. The molecule has 0 amide bonds. The molecule has 0 fully saturated rings. The maximum atomic E-state index is 9.66. The number of hydrogen-bond donors (Lipinski definition) is 1. The SMILES string of the molecule is CC(C)=C(C)Cc1cc(C)c(O)c(C)c1. The summed E-state index contributed by atoms with van der Waals surface area (Å²) in [5, 5.41) is 9.66. The van der Waals surface area contributed by atoms with Crippen LogP contribution >= 0.6 is 0 Å². The van der Waals surface area contributed by atoms with Crippen molar-refractivity contribution < 1.29 is 5.11 Å². The first-order valence-corrected chi connectivity index (χ1v) is 5.34. The van der Waals surface area contributed by atoms with Crippen LogP contribution < -0.4 is 0 Å². The Bertz CT molecular complexity index is 373. The monoisotopic (exact) mass is 204 g/mol. The van der Waals surface area contributed by atoms with E-state index in [-0.39, 0.29) is 0 Å². The maximum absolute atomic E-state index is 9.66. The molecule has 1 rings (SSSR count). The lowest BCUT2D eigenvalue weighted by Crippen LogP contribution is -1.92. The van der Waals surface area contributed by atoms with Crippen LogP contribution in [-0.4, -0.2) is 5.11 Å². The highest BCUT2D eigenvalue weighted by atomic mass is 16.3. The van der Waals surface area contributed by atoms with Crippen LogP contribution in [-0.2, 0) is 6.42 Å².